The monoisotopic (exact) mass is 465 g/mol. The number of imidazole rings is 1. The lowest BCUT2D eigenvalue weighted by atomic mass is 9.86. The molecule has 1 fully saturated rings. The molecule has 0 aliphatic heterocycles. The summed E-state index contributed by atoms with van der Waals surface area (Å²) in [6, 6.07) is 7.09. The van der Waals surface area contributed by atoms with Crippen LogP contribution in [-0.2, 0) is 0 Å². The van der Waals surface area contributed by atoms with Gasteiger partial charge in [0, 0.05) is 36.2 Å². The van der Waals surface area contributed by atoms with Gasteiger partial charge in [-0.3, -0.25) is 4.79 Å². The van der Waals surface area contributed by atoms with Crippen LogP contribution in [0.15, 0.2) is 42.7 Å². The second-order valence-electron chi connectivity index (χ2n) is 8.20. The van der Waals surface area contributed by atoms with Crippen LogP contribution in [0.3, 0.4) is 0 Å². The Morgan fingerprint density at radius 2 is 1.88 bits per heavy atom. The van der Waals surface area contributed by atoms with Crippen molar-refractivity contribution >= 4 is 11.6 Å². The molecule has 6 nitrogen and oxygen atoms in total. The van der Waals surface area contributed by atoms with Gasteiger partial charge in [-0.15, -0.1) is 0 Å². The van der Waals surface area contributed by atoms with Crippen molar-refractivity contribution in [1.29, 1.82) is 0 Å². The molecule has 1 aliphatic rings. The Labute approximate surface area is 187 Å². The molecule has 2 aromatic heterocycles. The molecular formula is C23H23F4N3O3. The average Bonchev–Trinajstić information content (AvgIpc) is 3.21. The van der Waals surface area contributed by atoms with Gasteiger partial charge in [0.25, 0.3) is 5.91 Å². The highest BCUT2D eigenvalue weighted by Crippen LogP contribution is 2.34. The number of para-hydroxylation sites is 1. The lowest BCUT2D eigenvalue weighted by molar-refractivity contribution is -0.153. The Bertz CT molecular complexity index is 1140. The van der Waals surface area contributed by atoms with Crippen molar-refractivity contribution in [3.63, 3.8) is 0 Å². The van der Waals surface area contributed by atoms with Crippen LogP contribution >= 0.6 is 0 Å². The van der Waals surface area contributed by atoms with Crippen LogP contribution in [0, 0.1) is 11.7 Å². The van der Waals surface area contributed by atoms with Gasteiger partial charge in [0.2, 0.25) is 0 Å². The molecule has 0 spiro atoms. The quantitative estimate of drug-likeness (QED) is 0.531. The van der Waals surface area contributed by atoms with Crippen molar-refractivity contribution < 1.29 is 32.2 Å². The SMILES string of the molecule is O=C(NC1CCC(CO)CC1)c1cn2cc(F)cc(-c3ccccc3OCC(F)(F)F)c2n1. The smallest absolute Gasteiger partial charge is 0.422 e. The predicted molar refractivity (Wildman–Crippen MR) is 112 cm³/mol. The number of hydrogen-bond acceptors (Lipinski definition) is 4. The highest BCUT2D eigenvalue weighted by atomic mass is 19.4. The average molecular weight is 465 g/mol. The first-order valence-corrected chi connectivity index (χ1v) is 10.6. The minimum Gasteiger partial charge on any atom is -0.483 e. The summed E-state index contributed by atoms with van der Waals surface area (Å²) in [4.78, 5) is 17.1. The number of nitrogens with zero attached hydrogens (tertiary/aromatic N) is 2. The second-order valence-corrected chi connectivity index (χ2v) is 8.20. The number of nitrogens with one attached hydrogen (secondary N) is 1. The number of alkyl halides is 3. The molecule has 2 heterocycles. The summed E-state index contributed by atoms with van der Waals surface area (Å²) in [6.07, 6.45) is 1.12. The zero-order valence-electron chi connectivity index (χ0n) is 17.6. The number of hydrogen-bond donors (Lipinski definition) is 2. The summed E-state index contributed by atoms with van der Waals surface area (Å²) >= 11 is 0. The van der Waals surface area contributed by atoms with E-state index in [0.717, 1.165) is 37.9 Å². The van der Waals surface area contributed by atoms with E-state index in [-0.39, 0.29) is 46.8 Å². The molecule has 176 valence electrons. The van der Waals surface area contributed by atoms with Crippen molar-refractivity contribution in [2.45, 2.75) is 37.9 Å². The van der Waals surface area contributed by atoms with Gasteiger partial charge in [-0.25, -0.2) is 9.37 Å². The number of rotatable bonds is 6. The molecule has 1 amide bonds. The fourth-order valence-corrected chi connectivity index (χ4v) is 4.09. The third kappa shape index (κ3) is 5.44. The first kappa shape index (κ1) is 23.0. The number of benzene rings is 1. The van der Waals surface area contributed by atoms with Gasteiger partial charge < -0.3 is 19.6 Å². The minimum absolute atomic E-state index is 0.0437. The number of halogens is 4. The Morgan fingerprint density at radius 1 is 1.15 bits per heavy atom. The third-order valence-corrected chi connectivity index (χ3v) is 5.76. The van der Waals surface area contributed by atoms with Crippen molar-refractivity contribution in [3.05, 3.63) is 54.2 Å². The summed E-state index contributed by atoms with van der Waals surface area (Å²) in [7, 11) is 0. The first-order chi connectivity index (χ1) is 15.7. The van der Waals surface area contributed by atoms with E-state index >= 15 is 0 Å². The Morgan fingerprint density at radius 3 is 2.58 bits per heavy atom. The maximum atomic E-state index is 14.4. The van der Waals surface area contributed by atoms with E-state index in [0.29, 0.717) is 0 Å². The summed E-state index contributed by atoms with van der Waals surface area (Å²) in [5.74, 6) is -0.885. The van der Waals surface area contributed by atoms with E-state index in [1.54, 1.807) is 6.07 Å². The summed E-state index contributed by atoms with van der Waals surface area (Å²) in [5.41, 5.74) is 0.717. The Balaban J connectivity index is 1.62. The summed E-state index contributed by atoms with van der Waals surface area (Å²) < 4.78 is 58.6. The lowest BCUT2D eigenvalue weighted by Gasteiger charge is -2.27. The maximum Gasteiger partial charge on any atom is 0.422 e. The first-order valence-electron chi connectivity index (χ1n) is 10.6. The van der Waals surface area contributed by atoms with Gasteiger partial charge in [-0.1, -0.05) is 18.2 Å². The molecule has 0 unspecified atom stereocenters. The number of aliphatic hydroxyl groups excluding tert-OH is 1. The van der Waals surface area contributed by atoms with Crippen LogP contribution in [0.25, 0.3) is 16.8 Å². The number of ether oxygens (including phenoxy) is 1. The number of aromatic nitrogens is 2. The van der Waals surface area contributed by atoms with Crippen molar-refractivity contribution in [3.8, 4) is 16.9 Å². The van der Waals surface area contributed by atoms with Crippen LogP contribution in [-0.4, -0.2) is 45.8 Å². The van der Waals surface area contributed by atoms with Crippen LogP contribution in [0.5, 0.6) is 5.75 Å². The normalized spacial score (nSPS) is 18.9. The topological polar surface area (TPSA) is 75.9 Å². The highest BCUT2D eigenvalue weighted by molar-refractivity contribution is 5.94. The fraction of sp³-hybridized carbons (Fsp3) is 0.391. The third-order valence-electron chi connectivity index (χ3n) is 5.76. The van der Waals surface area contributed by atoms with Crippen LogP contribution in [0.4, 0.5) is 17.6 Å². The molecule has 33 heavy (non-hydrogen) atoms. The van der Waals surface area contributed by atoms with Crippen molar-refractivity contribution in [1.82, 2.24) is 14.7 Å². The van der Waals surface area contributed by atoms with E-state index in [1.807, 2.05) is 0 Å². The highest BCUT2D eigenvalue weighted by Gasteiger charge is 2.29. The predicted octanol–water partition coefficient (Wildman–Crippen LogP) is 4.36. The van der Waals surface area contributed by atoms with E-state index in [9.17, 15) is 27.5 Å². The largest absolute Gasteiger partial charge is 0.483 e. The van der Waals surface area contributed by atoms with E-state index in [1.165, 1.54) is 28.8 Å². The van der Waals surface area contributed by atoms with Crippen LogP contribution in [0.1, 0.15) is 36.2 Å². The molecule has 1 saturated carbocycles. The molecule has 2 N–H and O–H groups in total. The zero-order valence-corrected chi connectivity index (χ0v) is 17.6. The van der Waals surface area contributed by atoms with Crippen molar-refractivity contribution in [2.75, 3.05) is 13.2 Å². The molecule has 4 rings (SSSR count). The molecule has 0 atom stereocenters. The number of amides is 1. The van der Waals surface area contributed by atoms with Crippen molar-refractivity contribution in [2.24, 2.45) is 5.92 Å². The van der Waals surface area contributed by atoms with Gasteiger partial charge in [0.15, 0.2) is 6.61 Å². The van der Waals surface area contributed by atoms with Crippen LogP contribution in [0.2, 0.25) is 0 Å². The summed E-state index contributed by atoms with van der Waals surface area (Å²) in [5, 5.41) is 12.2. The lowest BCUT2D eigenvalue weighted by Crippen LogP contribution is -2.38. The molecule has 3 aromatic rings. The maximum absolute atomic E-state index is 14.4. The number of aliphatic hydroxyl groups is 1. The van der Waals surface area contributed by atoms with Gasteiger partial charge in [0.05, 0.1) is 0 Å². The van der Waals surface area contributed by atoms with Gasteiger partial charge >= 0.3 is 6.18 Å². The molecule has 0 saturated heterocycles. The number of carbonyl (C=O) groups excluding carboxylic acids is 1. The molecule has 10 heteroatoms. The van der Waals surface area contributed by atoms with E-state index in [2.05, 4.69) is 10.3 Å². The van der Waals surface area contributed by atoms with Gasteiger partial charge in [-0.05, 0) is 43.7 Å². The molecule has 1 aliphatic carbocycles. The van der Waals surface area contributed by atoms with E-state index in [4.69, 9.17) is 4.74 Å². The molecular weight excluding hydrogens is 442 g/mol. The fourth-order valence-electron chi connectivity index (χ4n) is 4.09. The minimum atomic E-state index is -4.53. The Hall–Kier alpha value is -3.14. The number of carbonyl (C=O) groups is 1. The van der Waals surface area contributed by atoms with Crippen LogP contribution < -0.4 is 10.1 Å². The number of pyridine rings is 1. The molecule has 0 bridgehead atoms. The Kier molecular flexibility index (Phi) is 6.55. The van der Waals surface area contributed by atoms with E-state index < -0.39 is 24.5 Å². The standard InChI is InChI=1S/C23H23F4N3O3/c24-15-9-18(17-3-1-2-4-20(17)33-13-23(25,26)27)21-29-19(11-30(21)10-15)22(32)28-16-7-5-14(12-31)6-8-16/h1-4,9-11,14,16,31H,5-8,12-13H2,(H,28,32). The van der Waals surface area contributed by atoms with Gasteiger partial charge in [-0.2, -0.15) is 13.2 Å². The summed E-state index contributed by atoms with van der Waals surface area (Å²) in [6.45, 7) is -1.36. The van der Waals surface area contributed by atoms with Gasteiger partial charge in [0.1, 0.15) is 22.9 Å². The molecule has 0 radical (unpaired) electrons. The zero-order chi connectivity index (χ0) is 23.6. The molecule has 1 aromatic carbocycles. The second kappa shape index (κ2) is 9.38. The number of fused-ring (bicyclic) bond motifs is 1.